The summed E-state index contributed by atoms with van der Waals surface area (Å²) >= 11 is 1.79. The van der Waals surface area contributed by atoms with E-state index in [4.69, 9.17) is 0 Å². The average Bonchev–Trinajstić information content (AvgIpc) is 2.40. The quantitative estimate of drug-likeness (QED) is 0.667. The van der Waals surface area contributed by atoms with Gasteiger partial charge in [-0.3, -0.25) is 0 Å². The van der Waals surface area contributed by atoms with Crippen molar-refractivity contribution in [3.8, 4) is 0 Å². The molecule has 1 N–H and O–H groups in total. The first kappa shape index (κ1) is 6.92. The number of aromatic amines is 1. The summed E-state index contributed by atoms with van der Waals surface area (Å²) in [5.74, 6) is 0.606. The standard InChI is InChI=1S/C9H11NS/c1-6(2)8-5-9-7(10-8)3-4-11-9/h3-6,10H,1-2H3. The molecular weight excluding hydrogens is 154 g/mol. The van der Waals surface area contributed by atoms with E-state index >= 15 is 0 Å². The van der Waals surface area contributed by atoms with Gasteiger partial charge in [-0.2, -0.15) is 0 Å². The van der Waals surface area contributed by atoms with Crippen LogP contribution in [0.25, 0.3) is 10.2 Å². The van der Waals surface area contributed by atoms with Gasteiger partial charge in [-0.1, -0.05) is 13.8 Å². The van der Waals surface area contributed by atoms with Gasteiger partial charge in [0.25, 0.3) is 0 Å². The number of H-pyrrole nitrogens is 1. The van der Waals surface area contributed by atoms with E-state index in [9.17, 15) is 0 Å². The van der Waals surface area contributed by atoms with Gasteiger partial charge in [-0.05, 0) is 23.4 Å². The third-order valence-electron chi connectivity index (χ3n) is 1.88. The fourth-order valence-corrected chi connectivity index (χ4v) is 1.97. The van der Waals surface area contributed by atoms with Crippen LogP contribution in [-0.2, 0) is 0 Å². The van der Waals surface area contributed by atoms with Gasteiger partial charge in [0.1, 0.15) is 0 Å². The molecule has 0 aliphatic rings. The Morgan fingerprint density at radius 3 is 2.91 bits per heavy atom. The Labute approximate surface area is 70.1 Å². The van der Waals surface area contributed by atoms with Crippen LogP contribution in [-0.4, -0.2) is 4.98 Å². The highest BCUT2D eigenvalue weighted by Gasteiger charge is 2.03. The van der Waals surface area contributed by atoms with Crippen LogP contribution in [0.5, 0.6) is 0 Å². The molecule has 0 radical (unpaired) electrons. The second kappa shape index (κ2) is 2.38. The van der Waals surface area contributed by atoms with E-state index < -0.39 is 0 Å². The zero-order valence-electron chi connectivity index (χ0n) is 6.72. The lowest BCUT2D eigenvalue weighted by Gasteiger charge is -1.97. The topological polar surface area (TPSA) is 15.8 Å². The molecule has 0 aliphatic carbocycles. The summed E-state index contributed by atoms with van der Waals surface area (Å²) in [6.07, 6.45) is 0. The number of hydrogen-bond acceptors (Lipinski definition) is 1. The van der Waals surface area contributed by atoms with Crippen LogP contribution in [0.2, 0.25) is 0 Å². The maximum Gasteiger partial charge on any atom is 0.0565 e. The average molecular weight is 165 g/mol. The Hall–Kier alpha value is -0.760. The molecule has 0 saturated carbocycles. The molecule has 0 fully saturated rings. The van der Waals surface area contributed by atoms with Crippen LogP contribution in [0.3, 0.4) is 0 Å². The van der Waals surface area contributed by atoms with Crippen LogP contribution in [0.1, 0.15) is 25.5 Å². The predicted molar refractivity (Wildman–Crippen MR) is 50.3 cm³/mol. The van der Waals surface area contributed by atoms with Crippen molar-refractivity contribution in [3.63, 3.8) is 0 Å². The zero-order chi connectivity index (χ0) is 7.84. The monoisotopic (exact) mass is 165 g/mol. The molecule has 0 aliphatic heterocycles. The van der Waals surface area contributed by atoms with E-state index in [0.29, 0.717) is 5.92 Å². The fraction of sp³-hybridized carbons (Fsp3) is 0.333. The van der Waals surface area contributed by atoms with Gasteiger partial charge in [0.2, 0.25) is 0 Å². The Bertz CT molecular complexity index is 328. The first-order valence-corrected chi connectivity index (χ1v) is 4.71. The lowest BCUT2D eigenvalue weighted by Crippen LogP contribution is -1.84. The molecular formula is C9H11NS. The van der Waals surface area contributed by atoms with Crippen molar-refractivity contribution >= 4 is 21.6 Å². The molecule has 1 nitrogen and oxygen atoms in total. The predicted octanol–water partition coefficient (Wildman–Crippen LogP) is 3.35. The normalized spacial score (nSPS) is 11.5. The minimum Gasteiger partial charge on any atom is -0.357 e. The molecule has 2 heterocycles. The second-order valence-corrected chi connectivity index (χ2v) is 4.03. The smallest absolute Gasteiger partial charge is 0.0565 e. The first-order valence-electron chi connectivity index (χ1n) is 3.83. The molecule has 0 saturated heterocycles. The summed E-state index contributed by atoms with van der Waals surface area (Å²) in [6, 6.07) is 4.37. The number of aromatic nitrogens is 1. The SMILES string of the molecule is CC(C)c1cc2sccc2[nH]1. The minimum absolute atomic E-state index is 0.606. The fourth-order valence-electron chi connectivity index (χ4n) is 1.18. The van der Waals surface area contributed by atoms with E-state index in [-0.39, 0.29) is 0 Å². The number of nitrogens with one attached hydrogen (secondary N) is 1. The van der Waals surface area contributed by atoms with Crippen molar-refractivity contribution in [2.24, 2.45) is 0 Å². The largest absolute Gasteiger partial charge is 0.357 e. The third-order valence-corrected chi connectivity index (χ3v) is 2.75. The van der Waals surface area contributed by atoms with Crippen molar-refractivity contribution in [3.05, 3.63) is 23.2 Å². The molecule has 0 amide bonds. The van der Waals surface area contributed by atoms with Crippen molar-refractivity contribution in [1.82, 2.24) is 4.98 Å². The summed E-state index contributed by atoms with van der Waals surface area (Å²) in [4.78, 5) is 3.39. The molecule has 2 rings (SSSR count). The summed E-state index contributed by atoms with van der Waals surface area (Å²) in [5.41, 5.74) is 2.62. The van der Waals surface area contributed by atoms with Gasteiger partial charge in [0.05, 0.1) is 10.2 Å². The minimum atomic E-state index is 0.606. The Balaban J connectivity index is 2.58. The van der Waals surface area contributed by atoms with Crippen LogP contribution >= 0.6 is 11.3 Å². The number of rotatable bonds is 1. The maximum absolute atomic E-state index is 3.39. The molecule has 11 heavy (non-hydrogen) atoms. The van der Waals surface area contributed by atoms with Crippen LogP contribution < -0.4 is 0 Å². The van der Waals surface area contributed by atoms with E-state index in [1.54, 1.807) is 11.3 Å². The van der Waals surface area contributed by atoms with Crippen molar-refractivity contribution in [2.45, 2.75) is 19.8 Å². The summed E-state index contributed by atoms with van der Waals surface area (Å²) < 4.78 is 1.37. The number of fused-ring (bicyclic) bond motifs is 1. The van der Waals surface area contributed by atoms with Gasteiger partial charge >= 0.3 is 0 Å². The summed E-state index contributed by atoms with van der Waals surface area (Å²) in [7, 11) is 0. The molecule has 0 atom stereocenters. The van der Waals surface area contributed by atoms with Crippen LogP contribution in [0.15, 0.2) is 17.5 Å². The van der Waals surface area contributed by atoms with E-state index in [1.807, 2.05) is 0 Å². The van der Waals surface area contributed by atoms with Crippen molar-refractivity contribution in [2.75, 3.05) is 0 Å². The molecule has 2 aromatic heterocycles. The Morgan fingerprint density at radius 1 is 1.45 bits per heavy atom. The molecule has 2 heteroatoms. The molecule has 0 spiro atoms. The van der Waals surface area contributed by atoms with Gasteiger partial charge in [-0.15, -0.1) is 11.3 Å². The van der Waals surface area contributed by atoms with E-state index in [2.05, 4.69) is 36.3 Å². The van der Waals surface area contributed by atoms with Crippen LogP contribution in [0, 0.1) is 0 Å². The third kappa shape index (κ3) is 1.07. The highest BCUT2D eigenvalue weighted by atomic mass is 32.1. The lowest BCUT2D eigenvalue weighted by molar-refractivity contribution is 0.836. The number of hydrogen-bond donors (Lipinski definition) is 1. The lowest BCUT2D eigenvalue weighted by atomic mass is 10.1. The second-order valence-electron chi connectivity index (χ2n) is 3.08. The molecule has 0 bridgehead atoms. The van der Waals surface area contributed by atoms with Crippen molar-refractivity contribution in [1.29, 1.82) is 0 Å². The highest BCUT2D eigenvalue weighted by molar-refractivity contribution is 7.17. The zero-order valence-corrected chi connectivity index (χ0v) is 7.53. The molecule has 0 aromatic carbocycles. The van der Waals surface area contributed by atoms with Crippen LogP contribution in [0.4, 0.5) is 0 Å². The Morgan fingerprint density at radius 2 is 2.27 bits per heavy atom. The van der Waals surface area contributed by atoms with Crippen molar-refractivity contribution < 1.29 is 0 Å². The Kier molecular flexibility index (Phi) is 1.50. The molecule has 2 aromatic rings. The summed E-state index contributed by atoms with van der Waals surface area (Å²) in [6.45, 7) is 4.41. The van der Waals surface area contributed by atoms with Gasteiger partial charge in [-0.25, -0.2) is 0 Å². The van der Waals surface area contributed by atoms with Gasteiger partial charge in [0, 0.05) is 5.69 Å². The van der Waals surface area contributed by atoms with E-state index in [0.717, 1.165) is 0 Å². The van der Waals surface area contributed by atoms with Gasteiger partial charge in [0.15, 0.2) is 0 Å². The maximum atomic E-state index is 3.39. The first-order chi connectivity index (χ1) is 5.27. The molecule has 58 valence electrons. The summed E-state index contributed by atoms with van der Waals surface area (Å²) in [5, 5.41) is 2.12. The van der Waals surface area contributed by atoms with Gasteiger partial charge < -0.3 is 4.98 Å². The highest BCUT2D eigenvalue weighted by Crippen LogP contribution is 2.24. The molecule has 0 unspecified atom stereocenters. The van der Waals surface area contributed by atoms with E-state index in [1.165, 1.54) is 15.9 Å². The number of thiophene rings is 1.